The van der Waals surface area contributed by atoms with Gasteiger partial charge in [0.05, 0.1) is 0 Å². The van der Waals surface area contributed by atoms with Crippen molar-refractivity contribution in [3.63, 3.8) is 0 Å². The Hall–Kier alpha value is 0.0439. The molecule has 0 aliphatic carbocycles. The van der Waals surface area contributed by atoms with Gasteiger partial charge in [-0.05, 0) is 17.5 Å². The maximum Gasteiger partial charge on any atom is 0.197 e. The van der Waals surface area contributed by atoms with Crippen molar-refractivity contribution < 1.29 is 32.7 Å². The molecule has 0 saturated heterocycles. The second-order valence-corrected chi connectivity index (χ2v) is 5.28. The van der Waals surface area contributed by atoms with Gasteiger partial charge in [-0.15, -0.1) is 6.07 Å². The SMILES string of the molecule is CCn1c(-c2ccc(Cl)cc2Br)[c-]cc(C)c1=O.[Y]. The van der Waals surface area contributed by atoms with Crippen LogP contribution < -0.4 is 5.56 Å². The first-order valence-electron chi connectivity index (χ1n) is 5.62. The van der Waals surface area contributed by atoms with E-state index >= 15 is 0 Å². The van der Waals surface area contributed by atoms with Crippen molar-refractivity contribution in [1.82, 2.24) is 4.57 Å². The van der Waals surface area contributed by atoms with Crippen molar-refractivity contribution >= 4 is 27.5 Å². The van der Waals surface area contributed by atoms with Gasteiger partial charge in [-0.3, -0.25) is 4.79 Å². The second-order valence-electron chi connectivity index (χ2n) is 3.99. The number of nitrogens with zero attached hydrogens (tertiary/aromatic N) is 1. The molecule has 2 nitrogen and oxygen atoms in total. The van der Waals surface area contributed by atoms with Gasteiger partial charge < -0.3 is 4.57 Å². The first-order chi connectivity index (χ1) is 8.54. The van der Waals surface area contributed by atoms with Crippen molar-refractivity contribution in [3.05, 3.63) is 55.7 Å². The fraction of sp³-hybridized carbons (Fsp3) is 0.214. The van der Waals surface area contributed by atoms with Gasteiger partial charge in [-0.25, -0.2) is 0 Å². The molecule has 0 atom stereocenters. The maximum atomic E-state index is 12.1. The number of aromatic nitrogens is 1. The molecular formula is C14H12BrClNOY-. The summed E-state index contributed by atoms with van der Waals surface area (Å²) in [6.45, 7) is 4.36. The van der Waals surface area contributed by atoms with Crippen LogP contribution in [-0.4, -0.2) is 4.57 Å². The van der Waals surface area contributed by atoms with Gasteiger partial charge >= 0.3 is 0 Å². The number of hydrogen-bond acceptors (Lipinski definition) is 1. The van der Waals surface area contributed by atoms with Gasteiger partial charge in [0, 0.05) is 44.3 Å². The number of benzene rings is 1. The summed E-state index contributed by atoms with van der Waals surface area (Å²) in [7, 11) is 0. The molecule has 0 fully saturated rings. The quantitative estimate of drug-likeness (QED) is 0.680. The minimum Gasteiger partial charge on any atom is -0.342 e. The van der Waals surface area contributed by atoms with E-state index in [1.54, 1.807) is 23.6 Å². The van der Waals surface area contributed by atoms with Gasteiger partial charge in [0.2, 0.25) is 0 Å². The number of aryl methyl sites for hydroxylation is 1. The second kappa shape index (κ2) is 7.17. The molecule has 2 rings (SSSR count). The molecular weight excluding hydrogens is 402 g/mol. The van der Waals surface area contributed by atoms with Crippen LogP contribution in [0.25, 0.3) is 11.3 Å². The van der Waals surface area contributed by atoms with Gasteiger partial charge in [-0.1, -0.05) is 57.3 Å². The third-order valence-electron chi connectivity index (χ3n) is 2.78. The van der Waals surface area contributed by atoms with Crippen molar-refractivity contribution in [2.45, 2.75) is 20.4 Å². The van der Waals surface area contributed by atoms with Crippen LogP contribution in [0.15, 0.2) is 33.5 Å². The Labute approximate surface area is 151 Å². The van der Waals surface area contributed by atoms with Crippen LogP contribution in [-0.2, 0) is 39.3 Å². The molecule has 1 aromatic heterocycles. The molecule has 0 spiro atoms. The summed E-state index contributed by atoms with van der Waals surface area (Å²) in [5, 5.41) is 0.656. The molecule has 0 aliphatic heterocycles. The summed E-state index contributed by atoms with van der Waals surface area (Å²) < 4.78 is 2.57. The largest absolute Gasteiger partial charge is 0.342 e. The third-order valence-corrected chi connectivity index (χ3v) is 3.67. The van der Waals surface area contributed by atoms with Gasteiger partial charge in [0.25, 0.3) is 0 Å². The molecule has 1 heterocycles. The van der Waals surface area contributed by atoms with Crippen molar-refractivity contribution in [3.8, 4) is 11.3 Å². The first-order valence-corrected chi connectivity index (χ1v) is 6.79. The molecule has 0 saturated carbocycles. The molecule has 5 heteroatoms. The van der Waals surface area contributed by atoms with Crippen LogP contribution in [0.2, 0.25) is 5.02 Å². The van der Waals surface area contributed by atoms with Crippen LogP contribution in [0.3, 0.4) is 0 Å². The Balaban J connectivity index is 0.00000180. The van der Waals surface area contributed by atoms with Crippen LogP contribution in [0, 0.1) is 13.0 Å². The Morgan fingerprint density at radius 1 is 1.42 bits per heavy atom. The summed E-state index contributed by atoms with van der Waals surface area (Å²) in [6, 6.07) is 10.4. The average Bonchev–Trinajstić information content (AvgIpc) is 2.33. The maximum absolute atomic E-state index is 12.1. The predicted molar refractivity (Wildman–Crippen MR) is 78.1 cm³/mol. The van der Waals surface area contributed by atoms with Crippen LogP contribution in [0.1, 0.15) is 12.5 Å². The van der Waals surface area contributed by atoms with Crippen LogP contribution in [0.5, 0.6) is 0 Å². The first kappa shape index (κ1) is 17.1. The van der Waals surface area contributed by atoms with Gasteiger partial charge in [0.15, 0.2) is 5.56 Å². The number of hydrogen-bond donors (Lipinski definition) is 0. The van der Waals surface area contributed by atoms with Crippen molar-refractivity contribution in [2.24, 2.45) is 0 Å². The van der Waals surface area contributed by atoms with E-state index in [-0.39, 0.29) is 38.3 Å². The van der Waals surface area contributed by atoms with Gasteiger partial charge in [-0.2, -0.15) is 12.1 Å². The molecule has 97 valence electrons. The standard InChI is InChI=1S/C14H12BrClNO.Y/c1-3-17-13(7-4-9(2)14(17)18)11-6-5-10(16)8-12(11)15;/h4-6,8H,3H2,1-2H3;/q-1;. The molecule has 0 amide bonds. The van der Waals surface area contributed by atoms with E-state index in [1.165, 1.54) is 0 Å². The zero-order valence-electron chi connectivity index (χ0n) is 10.7. The van der Waals surface area contributed by atoms with Gasteiger partial charge in [0.1, 0.15) is 0 Å². The summed E-state index contributed by atoms with van der Waals surface area (Å²) in [6.07, 6.45) is 0. The summed E-state index contributed by atoms with van der Waals surface area (Å²) in [5.41, 5.74) is 2.41. The molecule has 1 radical (unpaired) electrons. The van der Waals surface area contributed by atoms with E-state index in [2.05, 4.69) is 22.0 Å². The Kier molecular flexibility index (Phi) is 6.45. The summed E-state index contributed by atoms with van der Waals surface area (Å²) >= 11 is 9.40. The van der Waals surface area contributed by atoms with E-state index in [1.807, 2.05) is 19.1 Å². The third kappa shape index (κ3) is 3.58. The van der Waals surface area contributed by atoms with Crippen molar-refractivity contribution in [1.29, 1.82) is 0 Å². The topological polar surface area (TPSA) is 22.0 Å². The van der Waals surface area contributed by atoms with E-state index in [9.17, 15) is 4.79 Å². The zero-order valence-corrected chi connectivity index (χ0v) is 15.9. The normalized spacial score (nSPS) is 10.1. The average molecular weight is 415 g/mol. The molecule has 0 bridgehead atoms. The minimum atomic E-state index is 0. The van der Waals surface area contributed by atoms with Crippen LogP contribution in [0.4, 0.5) is 0 Å². The Morgan fingerprint density at radius 3 is 2.68 bits per heavy atom. The Bertz CT molecular complexity index is 654. The van der Waals surface area contributed by atoms with E-state index < -0.39 is 0 Å². The Morgan fingerprint density at radius 2 is 2.11 bits per heavy atom. The predicted octanol–water partition coefficient (Wildman–Crippen LogP) is 4.06. The zero-order chi connectivity index (χ0) is 13.3. The molecule has 0 unspecified atom stereocenters. The van der Waals surface area contributed by atoms with E-state index in [0.717, 1.165) is 15.7 Å². The van der Waals surface area contributed by atoms with Crippen LogP contribution >= 0.6 is 27.5 Å². The number of pyridine rings is 1. The van der Waals surface area contributed by atoms with Crippen molar-refractivity contribution in [2.75, 3.05) is 0 Å². The van der Waals surface area contributed by atoms with E-state index in [4.69, 9.17) is 11.6 Å². The molecule has 1 aromatic carbocycles. The monoisotopic (exact) mass is 413 g/mol. The smallest absolute Gasteiger partial charge is 0.197 e. The molecule has 0 aliphatic rings. The molecule has 19 heavy (non-hydrogen) atoms. The summed E-state index contributed by atoms with van der Waals surface area (Å²) in [5.74, 6) is 0. The fourth-order valence-corrected chi connectivity index (χ4v) is 2.71. The summed E-state index contributed by atoms with van der Waals surface area (Å²) in [4.78, 5) is 12.1. The number of halogens is 2. The molecule has 2 aromatic rings. The number of rotatable bonds is 2. The minimum absolute atomic E-state index is 0. The molecule has 0 N–H and O–H groups in total. The fourth-order valence-electron chi connectivity index (χ4n) is 1.84. The van der Waals surface area contributed by atoms with E-state index in [0.29, 0.717) is 17.1 Å².